The number of rotatable bonds is 3. The van der Waals surface area contributed by atoms with Crippen molar-refractivity contribution in [3.63, 3.8) is 0 Å². The SMILES string of the molecule is C#Cc1c(O)cccc1CCCC. The van der Waals surface area contributed by atoms with E-state index in [9.17, 15) is 5.11 Å². The van der Waals surface area contributed by atoms with Gasteiger partial charge in [0.25, 0.3) is 0 Å². The zero-order chi connectivity index (χ0) is 9.68. The molecule has 0 spiro atoms. The molecule has 0 aliphatic carbocycles. The Bertz CT molecular complexity index is 320. The summed E-state index contributed by atoms with van der Waals surface area (Å²) in [7, 11) is 0. The molecular formula is C12H14O. The second-order valence-corrected chi connectivity index (χ2v) is 3.06. The first-order chi connectivity index (χ1) is 6.29. The van der Waals surface area contributed by atoms with E-state index in [1.165, 1.54) is 0 Å². The fourth-order valence-electron chi connectivity index (χ4n) is 1.33. The zero-order valence-corrected chi connectivity index (χ0v) is 7.88. The largest absolute Gasteiger partial charge is 0.507 e. The lowest BCUT2D eigenvalue weighted by Gasteiger charge is -2.04. The molecule has 0 saturated carbocycles. The van der Waals surface area contributed by atoms with Gasteiger partial charge in [0.2, 0.25) is 0 Å². The molecule has 0 radical (unpaired) electrons. The summed E-state index contributed by atoms with van der Waals surface area (Å²) >= 11 is 0. The molecule has 0 aromatic heterocycles. The number of terminal acetylenes is 1. The Morgan fingerprint density at radius 2 is 2.23 bits per heavy atom. The molecule has 68 valence electrons. The maximum atomic E-state index is 9.45. The normalized spacial score (nSPS) is 9.54. The fourth-order valence-corrected chi connectivity index (χ4v) is 1.33. The Labute approximate surface area is 79.4 Å². The van der Waals surface area contributed by atoms with Gasteiger partial charge in [-0.15, -0.1) is 6.42 Å². The van der Waals surface area contributed by atoms with Gasteiger partial charge in [-0.3, -0.25) is 0 Å². The lowest BCUT2D eigenvalue weighted by atomic mass is 10.0. The van der Waals surface area contributed by atoms with Gasteiger partial charge in [-0.2, -0.15) is 0 Å². The summed E-state index contributed by atoms with van der Waals surface area (Å²) in [5.74, 6) is 2.74. The molecule has 0 fully saturated rings. The first-order valence-corrected chi connectivity index (χ1v) is 4.57. The van der Waals surface area contributed by atoms with Crippen molar-refractivity contribution in [3.8, 4) is 18.1 Å². The molecule has 0 unspecified atom stereocenters. The summed E-state index contributed by atoms with van der Waals surface area (Å²) in [6.45, 7) is 2.14. The van der Waals surface area contributed by atoms with Crippen molar-refractivity contribution in [2.45, 2.75) is 26.2 Å². The molecule has 0 saturated heterocycles. The standard InChI is InChI=1S/C12H14O/c1-3-5-7-10-8-6-9-12(13)11(10)4-2/h2,6,8-9,13H,3,5,7H2,1H3. The van der Waals surface area contributed by atoms with E-state index in [0.717, 1.165) is 24.8 Å². The summed E-state index contributed by atoms with van der Waals surface area (Å²) in [6.07, 6.45) is 8.51. The summed E-state index contributed by atoms with van der Waals surface area (Å²) in [4.78, 5) is 0. The highest BCUT2D eigenvalue weighted by Gasteiger charge is 2.03. The van der Waals surface area contributed by atoms with Gasteiger partial charge in [0, 0.05) is 0 Å². The van der Waals surface area contributed by atoms with Crippen LogP contribution in [0.4, 0.5) is 0 Å². The van der Waals surface area contributed by atoms with Gasteiger partial charge >= 0.3 is 0 Å². The third kappa shape index (κ3) is 2.26. The number of aryl methyl sites for hydroxylation is 1. The number of benzene rings is 1. The number of unbranched alkanes of at least 4 members (excludes halogenated alkanes) is 1. The summed E-state index contributed by atoms with van der Waals surface area (Å²) in [5.41, 5.74) is 1.72. The highest BCUT2D eigenvalue weighted by atomic mass is 16.3. The molecule has 1 nitrogen and oxygen atoms in total. The van der Waals surface area contributed by atoms with E-state index < -0.39 is 0 Å². The number of phenols is 1. The zero-order valence-electron chi connectivity index (χ0n) is 7.88. The van der Waals surface area contributed by atoms with E-state index in [2.05, 4.69) is 12.8 Å². The van der Waals surface area contributed by atoms with Gasteiger partial charge in [-0.1, -0.05) is 31.4 Å². The molecule has 0 aliphatic rings. The van der Waals surface area contributed by atoms with Crippen LogP contribution in [0.5, 0.6) is 5.75 Å². The van der Waals surface area contributed by atoms with Crippen LogP contribution in [0.1, 0.15) is 30.9 Å². The minimum absolute atomic E-state index is 0.219. The molecule has 0 bridgehead atoms. The second kappa shape index (κ2) is 4.57. The minimum atomic E-state index is 0.219. The van der Waals surface area contributed by atoms with Crippen molar-refractivity contribution >= 4 is 0 Å². The molecule has 0 atom stereocenters. The van der Waals surface area contributed by atoms with Gasteiger partial charge in [-0.05, 0) is 24.5 Å². The van der Waals surface area contributed by atoms with Gasteiger partial charge in [0.15, 0.2) is 0 Å². The Morgan fingerprint density at radius 3 is 2.85 bits per heavy atom. The maximum Gasteiger partial charge on any atom is 0.131 e. The molecular weight excluding hydrogens is 160 g/mol. The summed E-state index contributed by atoms with van der Waals surface area (Å²) < 4.78 is 0. The van der Waals surface area contributed by atoms with Crippen molar-refractivity contribution < 1.29 is 5.11 Å². The molecule has 0 aliphatic heterocycles. The number of hydrogen-bond acceptors (Lipinski definition) is 1. The van der Waals surface area contributed by atoms with Crippen molar-refractivity contribution in [2.75, 3.05) is 0 Å². The van der Waals surface area contributed by atoms with Crippen LogP contribution >= 0.6 is 0 Å². The fraction of sp³-hybridized carbons (Fsp3) is 0.333. The molecule has 1 heteroatoms. The third-order valence-corrected chi connectivity index (χ3v) is 2.07. The lowest BCUT2D eigenvalue weighted by molar-refractivity contribution is 0.472. The summed E-state index contributed by atoms with van der Waals surface area (Å²) in [6, 6.07) is 5.44. The van der Waals surface area contributed by atoms with E-state index in [-0.39, 0.29) is 5.75 Å². The molecule has 0 amide bonds. The van der Waals surface area contributed by atoms with Crippen LogP contribution in [0.3, 0.4) is 0 Å². The van der Waals surface area contributed by atoms with E-state index in [0.29, 0.717) is 5.56 Å². The van der Waals surface area contributed by atoms with Gasteiger partial charge in [0.05, 0.1) is 5.56 Å². The molecule has 1 rings (SSSR count). The van der Waals surface area contributed by atoms with Crippen LogP contribution in [0.2, 0.25) is 0 Å². The quantitative estimate of drug-likeness (QED) is 0.698. The van der Waals surface area contributed by atoms with Crippen molar-refractivity contribution in [3.05, 3.63) is 29.3 Å². The Morgan fingerprint density at radius 1 is 1.46 bits per heavy atom. The minimum Gasteiger partial charge on any atom is -0.507 e. The monoisotopic (exact) mass is 174 g/mol. The van der Waals surface area contributed by atoms with Gasteiger partial charge in [-0.25, -0.2) is 0 Å². The smallest absolute Gasteiger partial charge is 0.131 e. The highest BCUT2D eigenvalue weighted by molar-refractivity contribution is 5.49. The average Bonchev–Trinajstić information content (AvgIpc) is 2.15. The lowest BCUT2D eigenvalue weighted by Crippen LogP contribution is -1.90. The predicted octanol–water partition coefficient (Wildman–Crippen LogP) is 2.72. The van der Waals surface area contributed by atoms with Crippen LogP contribution in [0, 0.1) is 12.3 Å². The predicted molar refractivity (Wildman–Crippen MR) is 54.7 cm³/mol. The third-order valence-electron chi connectivity index (χ3n) is 2.07. The van der Waals surface area contributed by atoms with Crippen molar-refractivity contribution in [1.29, 1.82) is 0 Å². The number of aromatic hydroxyl groups is 1. The molecule has 1 N–H and O–H groups in total. The van der Waals surface area contributed by atoms with E-state index in [4.69, 9.17) is 6.42 Å². The maximum absolute atomic E-state index is 9.45. The average molecular weight is 174 g/mol. The Kier molecular flexibility index (Phi) is 3.40. The van der Waals surface area contributed by atoms with Crippen molar-refractivity contribution in [1.82, 2.24) is 0 Å². The highest BCUT2D eigenvalue weighted by Crippen LogP contribution is 2.21. The van der Waals surface area contributed by atoms with Crippen LogP contribution in [0.15, 0.2) is 18.2 Å². The summed E-state index contributed by atoms with van der Waals surface area (Å²) in [5, 5.41) is 9.45. The number of phenolic OH excluding ortho intramolecular Hbond substituents is 1. The Balaban J connectivity index is 2.93. The number of hydrogen-bond donors (Lipinski definition) is 1. The topological polar surface area (TPSA) is 20.2 Å². The molecule has 1 aromatic carbocycles. The first kappa shape index (κ1) is 9.67. The van der Waals surface area contributed by atoms with E-state index in [1.54, 1.807) is 6.07 Å². The van der Waals surface area contributed by atoms with E-state index in [1.807, 2.05) is 12.1 Å². The van der Waals surface area contributed by atoms with Crippen molar-refractivity contribution in [2.24, 2.45) is 0 Å². The van der Waals surface area contributed by atoms with Crippen LogP contribution in [0.25, 0.3) is 0 Å². The molecule has 13 heavy (non-hydrogen) atoms. The first-order valence-electron chi connectivity index (χ1n) is 4.57. The molecule has 1 aromatic rings. The van der Waals surface area contributed by atoms with Crippen LogP contribution < -0.4 is 0 Å². The van der Waals surface area contributed by atoms with Crippen LogP contribution in [-0.4, -0.2) is 5.11 Å². The van der Waals surface area contributed by atoms with Crippen LogP contribution in [-0.2, 0) is 6.42 Å². The Hall–Kier alpha value is -1.42. The molecule has 0 heterocycles. The van der Waals surface area contributed by atoms with Gasteiger partial charge in [0.1, 0.15) is 5.75 Å². The van der Waals surface area contributed by atoms with Gasteiger partial charge < -0.3 is 5.11 Å². The van der Waals surface area contributed by atoms with E-state index >= 15 is 0 Å². The second-order valence-electron chi connectivity index (χ2n) is 3.06.